The van der Waals surface area contributed by atoms with Gasteiger partial charge in [0.1, 0.15) is 0 Å². The first-order chi connectivity index (χ1) is 7.27. The van der Waals surface area contributed by atoms with Gasteiger partial charge in [0.2, 0.25) is 0 Å². The quantitative estimate of drug-likeness (QED) is 0.678. The smallest absolute Gasteiger partial charge is 0.0586 e. The molecule has 0 aliphatic heterocycles. The summed E-state index contributed by atoms with van der Waals surface area (Å²) < 4.78 is 5.46. The van der Waals surface area contributed by atoms with Gasteiger partial charge in [-0.15, -0.1) is 0 Å². The fourth-order valence-electron chi connectivity index (χ4n) is 2.42. The predicted octanol–water partition coefficient (Wildman–Crippen LogP) is 1.49. The highest BCUT2D eigenvalue weighted by Crippen LogP contribution is 2.23. The van der Waals surface area contributed by atoms with Crippen molar-refractivity contribution in [3.8, 4) is 0 Å². The second kappa shape index (κ2) is 7.20. The van der Waals surface area contributed by atoms with Crippen LogP contribution >= 0.6 is 0 Å². The van der Waals surface area contributed by atoms with Crippen LogP contribution in [0.2, 0.25) is 0 Å². The first kappa shape index (κ1) is 12.9. The van der Waals surface area contributed by atoms with Gasteiger partial charge in [0.05, 0.1) is 6.10 Å². The normalized spacial score (nSPS) is 27.2. The van der Waals surface area contributed by atoms with Gasteiger partial charge < -0.3 is 15.0 Å². The van der Waals surface area contributed by atoms with Crippen molar-refractivity contribution in [3.63, 3.8) is 0 Å². The van der Waals surface area contributed by atoms with Crippen LogP contribution in [0.4, 0.5) is 0 Å². The second-order valence-corrected chi connectivity index (χ2v) is 4.62. The third-order valence-electron chi connectivity index (χ3n) is 3.49. The average molecular weight is 214 g/mol. The van der Waals surface area contributed by atoms with Gasteiger partial charge in [0.25, 0.3) is 0 Å². The predicted molar refractivity (Wildman–Crippen MR) is 64.2 cm³/mol. The van der Waals surface area contributed by atoms with Gasteiger partial charge in [-0.1, -0.05) is 0 Å². The molecule has 2 atom stereocenters. The highest BCUT2D eigenvalue weighted by molar-refractivity contribution is 4.79. The lowest BCUT2D eigenvalue weighted by atomic mass is 9.92. The van der Waals surface area contributed by atoms with E-state index in [1.54, 1.807) is 0 Å². The molecule has 1 rings (SSSR count). The van der Waals surface area contributed by atoms with E-state index in [-0.39, 0.29) is 0 Å². The van der Waals surface area contributed by atoms with Gasteiger partial charge in [-0.25, -0.2) is 0 Å². The Morgan fingerprint density at radius 1 is 1.40 bits per heavy atom. The second-order valence-electron chi connectivity index (χ2n) is 4.62. The van der Waals surface area contributed by atoms with Crippen LogP contribution in [0.25, 0.3) is 0 Å². The first-order valence-electron chi connectivity index (χ1n) is 6.15. The zero-order valence-electron chi connectivity index (χ0n) is 10.5. The van der Waals surface area contributed by atoms with Crippen molar-refractivity contribution in [2.75, 3.05) is 34.3 Å². The average Bonchev–Trinajstić information content (AvgIpc) is 2.29. The Hall–Kier alpha value is -0.120. The summed E-state index contributed by atoms with van der Waals surface area (Å²) in [6, 6.07) is 0.737. The molecular weight excluding hydrogens is 188 g/mol. The Labute approximate surface area is 94.2 Å². The molecule has 1 N–H and O–H groups in total. The van der Waals surface area contributed by atoms with Crippen LogP contribution < -0.4 is 5.32 Å². The molecule has 0 aromatic heterocycles. The van der Waals surface area contributed by atoms with Gasteiger partial charge >= 0.3 is 0 Å². The molecule has 0 aromatic rings. The van der Waals surface area contributed by atoms with Gasteiger partial charge in [0, 0.05) is 13.2 Å². The molecule has 1 fully saturated rings. The third kappa shape index (κ3) is 4.49. The molecule has 1 aliphatic carbocycles. The van der Waals surface area contributed by atoms with E-state index in [2.05, 4.69) is 17.3 Å². The van der Waals surface area contributed by atoms with Gasteiger partial charge in [0.15, 0.2) is 0 Å². The van der Waals surface area contributed by atoms with E-state index in [0.29, 0.717) is 6.10 Å². The number of ether oxygens (including phenoxy) is 1. The maximum Gasteiger partial charge on any atom is 0.0586 e. The number of hydrogen-bond acceptors (Lipinski definition) is 3. The van der Waals surface area contributed by atoms with Crippen LogP contribution in [0.5, 0.6) is 0 Å². The van der Waals surface area contributed by atoms with Crippen molar-refractivity contribution in [1.29, 1.82) is 0 Å². The van der Waals surface area contributed by atoms with Crippen molar-refractivity contribution in [2.24, 2.45) is 0 Å². The monoisotopic (exact) mass is 214 g/mol. The molecule has 0 amide bonds. The lowest BCUT2D eigenvalue weighted by Crippen LogP contribution is -2.39. The highest BCUT2D eigenvalue weighted by atomic mass is 16.5. The van der Waals surface area contributed by atoms with E-state index in [9.17, 15) is 0 Å². The molecule has 3 nitrogen and oxygen atoms in total. The minimum atomic E-state index is 0.496. The molecule has 0 saturated heterocycles. The lowest BCUT2D eigenvalue weighted by Gasteiger charge is -2.34. The number of nitrogens with zero attached hydrogens (tertiary/aromatic N) is 1. The Morgan fingerprint density at radius 3 is 2.87 bits per heavy atom. The summed E-state index contributed by atoms with van der Waals surface area (Å²) in [6.45, 7) is 2.31. The van der Waals surface area contributed by atoms with Crippen molar-refractivity contribution in [1.82, 2.24) is 10.2 Å². The standard InChI is InChI=1S/C12H26N2O/c1-13-8-5-9-14(2)11-6-4-7-12(10-11)15-3/h11-13H,4-10H2,1-3H3. The molecule has 1 saturated carbocycles. The van der Waals surface area contributed by atoms with E-state index in [4.69, 9.17) is 4.74 Å². The fraction of sp³-hybridized carbons (Fsp3) is 1.00. The van der Waals surface area contributed by atoms with E-state index in [0.717, 1.165) is 12.6 Å². The van der Waals surface area contributed by atoms with Crippen molar-refractivity contribution < 1.29 is 4.74 Å². The van der Waals surface area contributed by atoms with E-state index in [1.165, 1.54) is 38.6 Å². The zero-order valence-corrected chi connectivity index (χ0v) is 10.5. The molecule has 0 radical (unpaired) electrons. The van der Waals surface area contributed by atoms with Gasteiger partial charge in [-0.3, -0.25) is 0 Å². The maximum atomic E-state index is 5.46. The van der Waals surface area contributed by atoms with Crippen LogP contribution in [0, 0.1) is 0 Å². The van der Waals surface area contributed by atoms with Crippen molar-refractivity contribution >= 4 is 0 Å². The minimum absolute atomic E-state index is 0.496. The SMILES string of the molecule is CNCCCN(C)C1CCCC(OC)C1. The maximum absolute atomic E-state index is 5.46. The molecule has 2 unspecified atom stereocenters. The third-order valence-corrected chi connectivity index (χ3v) is 3.49. The van der Waals surface area contributed by atoms with Crippen molar-refractivity contribution in [3.05, 3.63) is 0 Å². The Kier molecular flexibility index (Phi) is 6.22. The summed E-state index contributed by atoms with van der Waals surface area (Å²) in [5.74, 6) is 0. The summed E-state index contributed by atoms with van der Waals surface area (Å²) in [4.78, 5) is 2.50. The van der Waals surface area contributed by atoms with Crippen LogP contribution in [0.1, 0.15) is 32.1 Å². The molecule has 3 heteroatoms. The minimum Gasteiger partial charge on any atom is -0.381 e. The summed E-state index contributed by atoms with van der Waals surface area (Å²) in [7, 11) is 6.11. The zero-order chi connectivity index (χ0) is 11.1. The number of methoxy groups -OCH3 is 1. The molecule has 0 spiro atoms. The van der Waals surface area contributed by atoms with Crippen molar-refractivity contribution in [2.45, 2.75) is 44.2 Å². The Morgan fingerprint density at radius 2 is 2.20 bits per heavy atom. The fourth-order valence-corrected chi connectivity index (χ4v) is 2.42. The molecule has 0 aromatic carbocycles. The Balaban J connectivity index is 2.22. The topological polar surface area (TPSA) is 24.5 Å². The molecular formula is C12H26N2O. The molecule has 0 bridgehead atoms. The Bertz CT molecular complexity index is 164. The van der Waals surface area contributed by atoms with Gasteiger partial charge in [-0.05, 0) is 59.3 Å². The molecule has 90 valence electrons. The summed E-state index contributed by atoms with van der Waals surface area (Å²) in [5, 5.41) is 3.19. The van der Waals surface area contributed by atoms with Crippen LogP contribution in [-0.4, -0.2) is 51.3 Å². The number of hydrogen-bond donors (Lipinski definition) is 1. The van der Waals surface area contributed by atoms with E-state index < -0.39 is 0 Å². The van der Waals surface area contributed by atoms with Crippen LogP contribution in [-0.2, 0) is 4.74 Å². The molecule has 1 aliphatic rings. The van der Waals surface area contributed by atoms with Crippen LogP contribution in [0.3, 0.4) is 0 Å². The van der Waals surface area contributed by atoms with Gasteiger partial charge in [-0.2, -0.15) is 0 Å². The number of rotatable bonds is 6. The molecule has 0 heterocycles. The lowest BCUT2D eigenvalue weighted by molar-refractivity contribution is 0.0345. The van der Waals surface area contributed by atoms with Crippen LogP contribution in [0.15, 0.2) is 0 Å². The largest absolute Gasteiger partial charge is 0.381 e. The number of nitrogens with one attached hydrogen (secondary N) is 1. The highest BCUT2D eigenvalue weighted by Gasteiger charge is 2.24. The summed E-state index contributed by atoms with van der Waals surface area (Å²) in [6.07, 6.45) is 6.86. The molecule has 15 heavy (non-hydrogen) atoms. The summed E-state index contributed by atoms with van der Waals surface area (Å²) >= 11 is 0. The van der Waals surface area contributed by atoms with E-state index in [1.807, 2.05) is 14.2 Å². The first-order valence-corrected chi connectivity index (χ1v) is 6.15. The van der Waals surface area contributed by atoms with E-state index >= 15 is 0 Å². The summed E-state index contributed by atoms with van der Waals surface area (Å²) in [5.41, 5.74) is 0.